The molecule has 1 rings (SSSR count). The average molecular weight is 221 g/mol. The molecular weight excluding hydrogens is 198 g/mol. The molecule has 2 N–H and O–H groups in total. The highest BCUT2D eigenvalue weighted by Crippen LogP contribution is 2.28. The second-order valence-corrected chi connectivity index (χ2v) is 5.64. The van der Waals surface area contributed by atoms with Crippen LogP contribution in [0.3, 0.4) is 0 Å². The van der Waals surface area contributed by atoms with Crippen molar-refractivity contribution in [1.29, 1.82) is 0 Å². The summed E-state index contributed by atoms with van der Waals surface area (Å²) >= 11 is 0. The fourth-order valence-corrected chi connectivity index (χ4v) is 1.60. The van der Waals surface area contributed by atoms with Gasteiger partial charge in [-0.05, 0) is 37.3 Å². The van der Waals surface area contributed by atoms with Gasteiger partial charge < -0.3 is 10.4 Å². The molecule has 0 atom stereocenters. The van der Waals surface area contributed by atoms with Gasteiger partial charge in [-0.3, -0.25) is 0 Å². The Morgan fingerprint density at radius 1 is 1.19 bits per heavy atom. The van der Waals surface area contributed by atoms with Crippen molar-refractivity contribution in [3.8, 4) is 5.75 Å². The molecule has 16 heavy (non-hydrogen) atoms. The Kier molecular flexibility index (Phi) is 3.84. The van der Waals surface area contributed by atoms with E-state index in [1.807, 2.05) is 26.0 Å². The van der Waals surface area contributed by atoms with Gasteiger partial charge in [0.15, 0.2) is 0 Å². The van der Waals surface area contributed by atoms with Gasteiger partial charge in [0.25, 0.3) is 0 Å². The summed E-state index contributed by atoms with van der Waals surface area (Å²) < 4.78 is 0. The van der Waals surface area contributed by atoms with Crippen LogP contribution in [-0.4, -0.2) is 11.7 Å². The Labute approximate surface area is 98.7 Å². The van der Waals surface area contributed by atoms with E-state index in [1.54, 1.807) is 0 Å². The molecule has 0 fully saturated rings. The summed E-state index contributed by atoms with van der Waals surface area (Å²) in [5.74, 6) is 0.403. The molecule has 0 aromatic heterocycles. The third-order valence-corrected chi connectivity index (χ3v) is 2.82. The number of phenolic OH excluding ortho intramolecular Hbond substituents is 1. The van der Waals surface area contributed by atoms with Crippen LogP contribution in [0.4, 0.5) is 5.69 Å². The Bertz CT molecular complexity index is 364. The van der Waals surface area contributed by atoms with Crippen molar-refractivity contribution >= 4 is 5.69 Å². The minimum Gasteiger partial charge on any atom is -0.507 e. The first-order valence-electron chi connectivity index (χ1n) is 5.84. The SMILES string of the molecule is Cc1ccc(NCCC(C)(C)C)c(C)c1O. The van der Waals surface area contributed by atoms with E-state index in [-0.39, 0.29) is 0 Å². The summed E-state index contributed by atoms with van der Waals surface area (Å²) in [6, 6.07) is 3.98. The highest BCUT2D eigenvalue weighted by Gasteiger charge is 2.10. The summed E-state index contributed by atoms with van der Waals surface area (Å²) in [6.45, 7) is 11.5. The number of aryl methyl sites for hydroxylation is 1. The van der Waals surface area contributed by atoms with Gasteiger partial charge in [-0.2, -0.15) is 0 Å². The fraction of sp³-hybridized carbons (Fsp3) is 0.571. The second-order valence-electron chi connectivity index (χ2n) is 5.64. The molecule has 0 unspecified atom stereocenters. The molecule has 0 saturated heterocycles. The number of aromatic hydroxyl groups is 1. The van der Waals surface area contributed by atoms with E-state index in [4.69, 9.17) is 0 Å². The zero-order valence-electron chi connectivity index (χ0n) is 11.0. The summed E-state index contributed by atoms with van der Waals surface area (Å²) in [6.07, 6.45) is 1.11. The third-order valence-electron chi connectivity index (χ3n) is 2.82. The van der Waals surface area contributed by atoms with E-state index in [1.165, 1.54) is 0 Å². The molecule has 1 aromatic rings. The molecule has 0 saturated carbocycles. The van der Waals surface area contributed by atoms with Gasteiger partial charge in [0.1, 0.15) is 5.75 Å². The largest absolute Gasteiger partial charge is 0.507 e. The standard InChI is InChI=1S/C14H23NO/c1-10-6-7-12(11(2)13(10)16)15-9-8-14(3,4)5/h6-7,15-16H,8-9H2,1-5H3. The second kappa shape index (κ2) is 4.77. The molecule has 0 aliphatic carbocycles. The Balaban J connectivity index is 2.65. The molecule has 90 valence electrons. The predicted molar refractivity (Wildman–Crippen MR) is 70.1 cm³/mol. The molecule has 0 aliphatic heterocycles. The minimum atomic E-state index is 0.341. The first kappa shape index (κ1) is 12.9. The maximum Gasteiger partial charge on any atom is 0.123 e. The van der Waals surface area contributed by atoms with Crippen LogP contribution >= 0.6 is 0 Å². The average Bonchev–Trinajstić information content (AvgIpc) is 2.16. The number of hydrogen-bond donors (Lipinski definition) is 2. The van der Waals surface area contributed by atoms with Gasteiger partial charge in [0, 0.05) is 17.8 Å². The number of hydrogen-bond acceptors (Lipinski definition) is 2. The van der Waals surface area contributed by atoms with Gasteiger partial charge in [-0.25, -0.2) is 0 Å². The van der Waals surface area contributed by atoms with Gasteiger partial charge in [-0.1, -0.05) is 26.8 Å². The van der Waals surface area contributed by atoms with Crippen molar-refractivity contribution in [1.82, 2.24) is 0 Å². The summed E-state index contributed by atoms with van der Waals surface area (Å²) in [4.78, 5) is 0. The third kappa shape index (κ3) is 3.44. The lowest BCUT2D eigenvalue weighted by Gasteiger charge is -2.19. The van der Waals surface area contributed by atoms with Gasteiger partial charge in [-0.15, -0.1) is 0 Å². The quantitative estimate of drug-likeness (QED) is 0.812. The van der Waals surface area contributed by atoms with E-state index in [0.29, 0.717) is 11.2 Å². The lowest BCUT2D eigenvalue weighted by atomic mass is 9.92. The molecule has 2 nitrogen and oxygen atoms in total. The Morgan fingerprint density at radius 3 is 2.38 bits per heavy atom. The number of rotatable bonds is 3. The van der Waals surface area contributed by atoms with Crippen molar-refractivity contribution < 1.29 is 5.11 Å². The maximum atomic E-state index is 9.81. The molecule has 0 spiro atoms. The number of nitrogens with one attached hydrogen (secondary N) is 1. The van der Waals surface area contributed by atoms with Crippen LogP contribution in [0.25, 0.3) is 0 Å². The number of benzene rings is 1. The minimum absolute atomic E-state index is 0.341. The summed E-state index contributed by atoms with van der Waals surface area (Å²) in [7, 11) is 0. The first-order valence-corrected chi connectivity index (χ1v) is 5.84. The smallest absolute Gasteiger partial charge is 0.123 e. The summed E-state index contributed by atoms with van der Waals surface area (Å²) in [5, 5.41) is 13.2. The van der Waals surface area contributed by atoms with Crippen LogP contribution in [0, 0.1) is 19.3 Å². The molecule has 0 aliphatic rings. The lowest BCUT2D eigenvalue weighted by Crippen LogP contribution is -2.13. The van der Waals surface area contributed by atoms with E-state index in [0.717, 1.165) is 29.8 Å². The maximum absolute atomic E-state index is 9.81. The molecule has 0 bridgehead atoms. The van der Waals surface area contributed by atoms with Gasteiger partial charge >= 0.3 is 0 Å². The molecule has 0 amide bonds. The molecular formula is C14H23NO. The van der Waals surface area contributed by atoms with Crippen LogP contribution in [0.2, 0.25) is 0 Å². The topological polar surface area (TPSA) is 32.3 Å². The van der Waals surface area contributed by atoms with E-state index in [9.17, 15) is 5.11 Å². The zero-order chi connectivity index (χ0) is 12.3. The van der Waals surface area contributed by atoms with Crippen molar-refractivity contribution in [2.75, 3.05) is 11.9 Å². The molecule has 0 radical (unpaired) electrons. The van der Waals surface area contributed by atoms with Crippen molar-refractivity contribution in [3.63, 3.8) is 0 Å². The monoisotopic (exact) mass is 221 g/mol. The van der Waals surface area contributed by atoms with Crippen LogP contribution in [-0.2, 0) is 0 Å². The lowest BCUT2D eigenvalue weighted by molar-refractivity contribution is 0.389. The highest BCUT2D eigenvalue weighted by molar-refractivity contribution is 5.58. The van der Waals surface area contributed by atoms with Crippen molar-refractivity contribution in [3.05, 3.63) is 23.3 Å². The van der Waals surface area contributed by atoms with E-state index >= 15 is 0 Å². The zero-order valence-corrected chi connectivity index (χ0v) is 11.0. The number of phenols is 1. The normalized spacial score (nSPS) is 11.6. The first-order chi connectivity index (χ1) is 7.31. The molecule has 0 heterocycles. The van der Waals surface area contributed by atoms with Gasteiger partial charge in [0.05, 0.1) is 0 Å². The van der Waals surface area contributed by atoms with Crippen LogP contribution in [0.1, 0.15) is 38.3 Å². The molecule has 2 heteroatoms. The van der Waals surface area contributed by atoms with E-state index in [2.05, 4.69) is 26.1 Å². The Morgan fingerprint density at radius 2 is 1.81 bits per heavy atom. The van der Waals surface area contributed by atoms with Gasteiger partial charge in [0.2, 0.25) is 0 Å². The fourth-order valence-electron chi connectivity index (χ4n) is 1.60. The van der Waals surface area contributed by atoms with Crippen molar-refractivity contribution in [2.45, 2.75) is 41.0 Å². The highest BCUT2D eigenvalue weighted by atomic mass is 16.3. The summed E-state index contributed by atoms with van der Waals surface area (Å²) in [5.41, 5.74) is 3.24. The predicted octanol–water partition coefficient (Wildman–Crippen LogP) is 3.86. The van der Waals surface area contributed by atoms with Crippen LogP contribution in [0.15, 0.2) is 12.1 Å². The van der Waals surface area contributed by atoms with E-state index < -0.39 is 0 Å². The van der Waals surface area contributed by atoms with Crippen molar-refractivity contribution in [2.24, 2.45) is 5.41 Å². The Hall–Kier alpha value is -1.18. The number of anilines is 1. The van der Waals surface area contributed by atoms with Crippen LogP contribution < -0.4 is 5.32 Å². The molecule has 1 aromatic carbocycles. The van der Waals surface area contributed by atoms with Crippen LogP contribution in [0.5, 0.6) is 5.75 Å².